The van der Waals surface area contributed by atoms with Crippen molar-refractivity contribution in [2.45, 2.75) is 188 Å². The van der Waals surface area contributed by atoms with Gasteiger partial charge in [0.05, 0.1) is 32.8 Å². The summed E-state index contributed by atoms with van der Waals surface area (Å²) in [4.78, 5) is 27.0. The van der Waals surface area contributed by atoms with Crippen molar-refractivity contribution in [2.24, 2.45) is 0 Å². The van der Waals surface area contributed by atoms with Crippen LogP contribution in [0.2, 0.25) is 0 Å². The molecule has 0 heterocycles. The van der Waals surface area contributed by atoms with Gasteiger partial charge in [-0.3, -0.25) is 9.59 Å². The van der Waals surface area contributed by atoms with Gasteiger partial charge in [0, 0.05) is 11.1 Å². The second-order valence-electron chi connectivity index (χ2n) is 14.8. The summed E-state index contributed by atoms with van der Waals surface area (Å²) in [6.45, 7) is 11.2. The fraction of sp³-hybridized carbons (Fsp3) is 0.702. The first-order chi connectivity index (χ1) is 26.0. The third-order valence-electron chi connectivity index (χ3n) is 9.86. The Kier molecular flexibility index (Phi) is 27.3. The molecule has 0 spiro atoms. The van der Waals surface area contributed by atoms with Crippen LogP contribution in [0, 0.1) is 0 Å². The lowest BCUT2D eigenvalue weighted by Crippen LogP contribution is -2.11. The highest BCUT2D eigenvalue weighted by Crippen LogP contribution is 2.40. The largest absolute Gasteiger partial charge is 0.494 e. The van der Waals surface area contributed by atoms with E-state index in [4.69, 9.17) is 18.9 Å². The first-order valence-corrected chi connectivity index (χ1v) is 21.9. The molecule has 0 unspecified atom stereocenters. The fourth-order valence-electron chi connectivity index (χ4n) is 6.44. The van der Waals surface area contributed by atoms with Crippen molar-refractivity contribution in [1.82, 2.24) is 0 Å². The molecule has 2 aromatic carbocycles. The molecular formula is C47H76O6. The third kappa shape index (κ3) is 21.5. The van der Waals surface area contributed by atoms with Crippen LogP contribution in [0.1, 0.15) is 209 Å². The second-order valence-corrected chi connectivity index (χ2v) is 14.8. The molecule has 2 aromatic rings. The molecule has 0 aliphatic heterocycles. The molecule has 0 atom stereocenters. The molecule has 53 heavy (non-hydrogen) atoms. The van der Waals surface area contributed by atoms with E-state index in [1.165, 1.54) is 109 Å². The summed E-state index contributed by atoms with van der Waals surface area (Å²) in [5.41, 5.74) is 0.920. The molecule has 0 bridgehead atoms. The highest BCUT2D eigenvalue weighted by atomic mass is 16.5. The van der Waals surface area contributed by atoms with Gasteiger partial charge in [0.25, 0.3) is 0 Å². The maximum Gasteiger partial charge on any atom is 0.203 e. The Morgan fingerprint density at radius 2 is 0.736 bits per heavy atom. The maximum atomic E-state index is 13.7. The van der Waals surface area contributed by atoms with Gasteiger partial charge in [0.1, 0.15) is 5.75 Å². The molecule has 300 valence electrons. The summed E-state index contributed by atoms with van der Waals surface area (Å²) in [5, 5.41) is 0. The summed E-state index contributed by atoms with van der Waals surface area (Å²) >= 11 is 0. The smallest absolute Gasteiger partial charge is 0.203 e. The molecule has 0 fully saturated rings. The number of hydrogen-bond donors (Lipinski definition) is 0. The van der Waals surface area contributed by atoms with Crippen molar-refractivity contribution in [2.75, 3.05) is 26.4 Å². The Morgan fingerprint density at radius 3 is 1.15 bits per heavy atom. The lowest BCUT2D eigenvalue weighted by Gasteiger charge is -2.19. The molecule has 2 rings (SSSR count). The van der Waals surface area contributed by atoms with Gasteiger partial charge in [-0.05, 0) is 62.1 Å². The van der Waals surface area contributed by atoms with Crippen LogP contribution < -0.4 is 18.9 Å². The average molecular weight is 737 g/mol. The molecule has 6 nitrogen and oxygen atoms in total. The van der Waals surface area contributed by atoms with Gasteiger partial charge in [0.15, 0.2) is 23.1 Å². The van der Waals surface area contributed by atoms with Crippen molar-refractivity contribution in [3.63, 3.8) is 0 Å². The minimum atomic E-state index is -0.255. The van der Waals surface area contributed by atoms with Gasteiger partial charge in [-0.15, -0.1) is 0 Å². The summed E-state index contributed by atoms with van der Waals surface area (Å²) in [6, 6.07) is 10.7. The van der Waals surface area contributed by atoms with Crippen LogP contribution in [0.4, 0.5) is 0 Å². The van der Waals surface area contributed by atoms with Gasteiger partial charge >= 0.3 is 0 Å². The van der Waals surface area contributed by atoms with Crippen molar-refractivity contribution >= 4 is 11.6 Å². The number of ether oxygens (including phenoxy) is 4. The molecule has 6 heteroatoms. The standard InChI is InChI=1S/C47H76O6/c1-5-9-13-17-21-25-33-50-42-31-29-40(30-32-42)43(48)39-44(49)41-37-45(51-34-26-22-18-14-10-6-2)47(53-36-28-24-20-16-12-8-4)46(38-41)52-35-27-23-19-15-11-7-3/h29-32,37-38H,5-28,33-36,39H2,1-4H3. The Bertz CT molecular complexity index is 1170. The highest BCUT2D eigenvalue weighted by Gasteiger charge is 2.21. The first-order valence-electron chi connectivity index (χ1n) is 21.9. The molecule has 0 N–H and O–H groups in total. The zero-order chi connectivity index (χ0) is 38.2. The Hall–Kier alpha value is -3.02. The number of unbranched alkanes of at least 4 members (excludes halogenated alkanes) is 20. The van der Waals surface area contributed by atoms with Crippen molar-refractivity contribution in [3.8, 4) is 23.0 Å². The van der Waals surface area contributed by atoms with Crippen LogP contribution in [0.5, 0.6) is 23.0 Å². The molecular weight excluding hydrogens is 661 g/mol. The summed E-state index contributed by atoms with van der Waals surface area (Å²) in [7, 11) is 0. The zero-order valence-electron chi connectivity index (χ0n) is 34.4. The molecule has 0 amide bonds. The monoisotopic (exact) mass is 737 g/mol. The van der Waals surface area contributed by atoms with E-state index in [1.54, 1.807) is 24.3 Å². The van der Waals surface area contributed by atoms with E-state index in [0.29, 0.717) is 54.8 Å². The summed E-state index contributed by atoms with van der Waals surface area (Å²) in [6.07, 6.45) is 28.0. The number of rotatable bonds is 36. The van der Waals surface area contributed by atoms with Crippen molar-refractivity contribution in [1.29, 1.82) is 0 Å². The Morgan fingerprint density at radius 1 is 0.396 bits per heavy atom. The van der Waals surface area contributed by atoms with Crippen LogP contribution >= 0.6 is 0 Å². The van der Waals surface area contributed by atoms with E-state index < -0.39 is 0 Å². The van der Waals surface area contributed by atoms with E-state index in [2.05, 4.69) is 27.7 Å². The summed E-state index contributed by atoms with van der Waals surface area (Å²) < 4.78 is 25.0. The molecule has 0 saturated heterocycles. The lowest BCUT2D eigenvalue weighted by atomic mass is 10.0. The molecule has 0 aliphatic carbocycles. The highest BCUT2D eigenvalue weighted by molar-refractivity contribution is 6.13. The quantitative estimate of drug-likeness (QED) is 0.0394. The predicted octanol–water partition coefficient (Wildman–Crippen LogP) is 14.1. The maximum absolute atomic E-state index is 13.7. The van der Waals surface area contributed by atoms with E-state index in [-0.39, 0.29) is 18.0 Å². The number of Topliss-reactive ketones (excluding diaryl/α,β-unsaturated/α-hetero) is 2. The zero-order valence-corrected chi connectivity index (χ0v) is 34.4. The minimum absolute atomic E-state index is 0.218. The van der Waals surface area contributed by atoms with Crippen LogP contribution in [-0.4, -0.2) is 38.0 Å². The molecule has 0 aliphatic rings. The minimum Gasteiger partial charge on any atom is -0.494 e. The second kappa shape index (κ2) is 31.3. The molecule has 0 radical (unpaired) electrons. The van der Waals surface area contributed by atoms with Gasteiger partial charge < -0.3 is 18.9 Å². The Balaban J connectivity index is 2.16. The van der Waals surface area contributed by atoms with E-state index in [0.717, 1.165) is 50.7 Å². The number of carbonyl (C=O) groups is 2. The van der Waals surface area contributed by atoms with E-state index >= 15 is 0 Å². The van der Waals surface area contributed by atoms with Crippen LogP contribution in [0.3, 0.4) is 0 Å². The lowest BCUT2D eigenvalue weighted by molar-refractivity contribution is 0.0893. The van der Waals surface area contributed by atoms with Crippen LogP contribution in [0.15, 0.2) is 36.4 Å². The number of ketones is 2. The Labute approximate surface area is 324 Å². The third-order valence-corrected chi connectivity index (χ3v) is 9.86. The SMILES string of the molecule is CCCCCCCCOc1ccc(C(=O)CC(=O)c2cc(OCCCCCCCC)c(OCCCCCCCC)c(OCCCCCCCC)c2)cc1. The first kappa shape index (κ1) is 46.1. The normalized spacial score (nSPS) is 11.1. The summed E-state index contributed by atoms with van der Waals surface area (Å²) in [5.74, 6) is 1.92. The molecule has 0 aromatic heterocycles. The van der Waals surface area contributed by atoms with Gasteiger partial charge in [-0.25, -0.2) is 0 Å². The number of carbonyl (C=O) groups excluding carboxylic acids is 2. The van der Waals surface area contributed by atoms with Gasteiger partial charge in [0.2, 0.25) is 5.75 Å². The topological polar surface area (TPSA) is 71.1 Å². The van der Waals surface area contributed by atoms with Gasteiger partial charge in [-0.1, -0.05) is 156 Å². The van der Waals surface area contributed by atoms with Crippen molar-refractivity contribution in [3.05, 3.63) is 47.5 Å². The molecule has 0 saturated carbocycles. The van der Waals surface area contributed by atoms with E-state index in [1.807, 2.05) is 12.1 Å². The predicted molar refractivity (Wildman–Crippen MR) is 222 cm³/mol. The number of benzene rings is 2. The number of hydrogen-bond acceptors (Lipinski definition) is 6. The van der Waals surface area contributed by atoms with Crippen molar-refractivity contribution < 1.29 is 28.5 Å². The fourth-order valence-corrected chi connectivity index (χ4v) is 6.44. The van der Waals surface area contributed by atoms with E-state index in [9.17, 15) is 9.59 Å². The van der Waals surface area contributed by atoms with Crippen LogP contribution in [0.25, 0.3) is 0 Å². The average Bonchev–Trinajstić information content (AvgIpc) is 3.17. The van der Waals surface area contributed by atoms with Crippen LogP contribution in [-0.2, 0) is 0 Å². The van der Waals surface area contributed by atoms with Gasteiger partial charge in [-0.2, -0.15) is 0 Å².